The van der Waals surface area contributed by atoms with Crippen LogP contribution in [-0.4, -0.2) is 46.5 Å². The van der Waals surface area contributed by atoms with Crippen LogP contribution in [-0.2, 0) is 10.0 Å². The molecule has 1 aliphatic rings. The van der Waals surface area contributed by atoms with Crippen molar-refractivity contribution in [2.75, 3.05) is 27.3 Å². The highest BCUT2D eigenvalue weighted by atomic mass is 32.2. The number of hydrogen-bond acceptors (Lipinski definition) is 5. The molecule has 0 radical (unpaired) electrons. The topological polar surface area (TPSA) is 98.9 Å². The minimum absolute atomic E-state index is 0.0484. The number of nitrogens with zero attached hydrogens (tertiary/aromatic N) is 1. The maximum Gasteiger partial charge on any atom is 0.257 e. The second-order valence-corrected chi connectivity index (χ2v) is 6.28. The SMILES string of the molecule is COc1cc(OC)c(S(N)(=O)=O)cc1C(=O)N1CCCC1. The summed E-state index contributed by atoms with van der Waals surface area (Å²) in [6.45, 7) is 1.30. The molecule has 0 unspecified atom stereocenters. The third-order valence-electron chi connectivity index (χ3n) is 3.42. The first kappa shape index (κ1) is 15.6. The molecule has 2 rings (SSSR count). The molecule has 2 N–H and O–H groups in total. The number of carbonyl (C=O) groups is 1. The van der Waals surface area contributed by atoms with Crippen LogP contribution in [0.5, 0.6) is 11.5 Å². The first-order valence-electron chi connectivity index (χ1n) is 6.46. The van der Waals surface area contributed by atoms with Crippen LogP contribution in [0.4, 0.5) is 0 Å². The van der Waals surface area contributed by atoms with E-state index in [0.29, 0.717) is 13.1 Å². The van der Waals surface area contributed by atoms with Gasteiger partial charge in [-0.25, -0.2) is 13.6 Å². The van der Waals surface area contributed by atoms with Crippen LogP contribution in [0.3, 0.4) is 0 Å². The van der Waals surface area contributed by atoms with Gasteiger partial charge in [-0.05, 0) is 18.9 Å². The Balaban J connectivity index is 2.56. The second kappa shape index (κ2) is 5.90. The molecule has 0 spiro atoms. The molecule has 7 nitrogen and oxygen atoms in total. The molecule has 1 saturated heterocycles. The van der Waals surface area contributed by atoms with E-state index < -0.39 is 10.0 Å². The second-order valence-electron chi connectivity index (χ2n) is 4.75. The van der Waals surface area contributed by atoms with Gasteiger partial charge in [0.05, 0.1) is 19.8 Å². The van der Waals surface area contributed by atoms with Gasteiger partial charge in [-0.15, -0.1) is 0 Å². The van der Waals surface area contributed by atoms with Gasteiger partial charge < -0.3 is 14.4 Å². The molecule has 1 heterocycles. The Morgan fingerprint density at radius 3 is 2.19 bits per heavy atom. The van der Waals surface area contributed by atoms with Gasteiger partial charge in [0, 0.05) is 19.2 Å². The molecule has 1 aromatic rings. The standard InChI is InChI=1S/C13H18N2O5S/c1-19-10-8-11(20-2)12(21(14,17)18)7-9(10)13(16)15-5-3-4-6-15/h7-8H,3-6H2,1-2H3,(H2,14,17,18). The highest BCUT2D eigenvalue weighted by molar-refractivity contribution is 7.89. The Labute approximate surface area is 123 Å². The van der Waals surface area contributed by atoms with E-state index in [-0.39, 0.29) is 27.9 Å². The van der Waals surface area contributed by atoms with Crippen molar-refractivity contribution in [2.24, 2.45) is 5.14 Å². The Bertz CT molecular complexity index is 651. The molecule has 21 heavy (non-hydrogen) atoms. The first-order chi connectivity index (χ1) is 9.88. The van der Waals surface area contributed by atoms with E-state index in [1.54, 1.807) is 4.90 Å². The van der Waals surface area contributed by atoms with Gasteiger partial charge in [-0.2, -0.15) is 0 Å². The van der Waals surface area contributed by atoms with Crippen molar-refractivity contribution in [3.05, 3.63) is 17.7 Å². The van der Waals surface area contributed by atoms with Gasteiger partial charge in [0.2, 0.25) is 10.0 Å². The van der Waals surface area contributed by atoms with Crippen LogP contribution in [0.15, 0.2) is 17.0 Å². The summed E-state index contributed by atoms with van der Waals surface area (Å²) >= 11 is 0. The number of rotatable bonds is 4. The quantitative estimate of drug-likeness (QED) is 0.877. The van der Waals surface area contributed by atoms with E-state index >= 15 is 0 Å². The average molecular weight is 314 g/mol. The molecular weight excluding hydrogens is 296 g/mol. The molecule has 1 aromatic carbocycles. The summed E-state index contributed by atoms with van der Waals surface area (Å²) in [4.78, 5) is 13.9. The van der Waals surface area contributed by atoms with E-state index in [1.165, 1.54) is 26.4 Å². The Morgan fingerprint density at radius 2 is 1.71 bits per heavy atom. The Kier molecular flexibility index (Phi) is 4.38. The molecule has 116 valence electrons. The summed E-state index contributed by atoms with van der Waals surface area (Å²) in [5.74, 6) is 0.0420. The maximum atomic E-state index is 12.5. The number of hydrogen-bond donors (Lipinski definition) is 1. The zero-order valence-electron chi connectivity index (χ0n) is 12.0. The van der Waals surface area contributed by atoms with Gasteiger partial charge in [-0.3, -0.25) is 4.79 Å². The normalized spacial score (nSPS) is 15.1. The average Bonchev–Trinajstić information content (AvgIpc) is 2.98. The summed E-state index contributed by atoms with van der Waals surface area (Å²) in [5, 5.41) is 5.17. The largest absolute Gasteiger partial charge is 0.496 e. The molecule has 0 bridgehead atoms. The third-order valence-corrected chi connectivity index (χ3v) is 4.35. The predicted octanol–water partition coefficient (Wildman–Crippen LogP) is 0.587. The Morgan fingerprint density at radius 1 is 1.14 bits per heavy atom. The first-order valence-corrected chi connectivity index (χ1v) is 8.01. The number of likely N-dealkylation sites (tertiary alicyclic amines) is 1. The number of benzene rings is 1. The van der Waals surface area contributed by atoms with Gasteiger partial charge in [0.25, 0.3) is 5.91 Å². The van der Waals surface area contributed by atoms with Crippen molar-refractivity contribution in [2.45, 2.75) is 17.7 Å². The molecule has 0 atom stereocenters. The van der Waals surface area contributed by atoms with E-state index in [0.717, 1.165) is 12.8 Å². The summed E-state index contributed by atoms with van der Waals surface area (Å²) in [6, 6.07) is 2.58. The summed E-state index contributed by atoms with van der Waals surface area (Å²) in [6.07, 6.45) is 1.87. The van der Waals surface area contributed by atoms with Gasteiger partial charge in [-0.1, -0.05) is 0 Å². The molecule has 1 aliphatic heterocycles. The van der Waals surface area contributed by atoms with Crippen molar-refractivity contribution in [1.29, 1.82) is 0 Å². The molecular formula is C13H18N2O5S. The summed E-state index contributed by atoms with van der Waals surface area (Å²) < 4.78 is 33.5. The van der Waals surface area contributed by atoms with Gasteiger partial charge in [0.1, 0.15) is 16.4 Å². The molecule has 0 aromatic heterocycles. The van der Waals surface area contributed by atoms with E-state index in [1.807, 2.05) is 0 Å². The molecule has 8 heteroatoms. The fraction of sp³-hybridized carbons (Fsp3) is 0.462. The van der Waals surface area contributed by atoms with Crippen LogP contribution in [0.25, 0.3) is 0 Å². The van der Waals surface area contributed by atoms with Gasteiger partial charge in [0.15, 0.2) is 0 Å². The van der Waals surface area contributed by atoms with Crippen molar-refractivity contribution >= 4 is 15.9 Å². The highest BCUT2D eigenvalue weighted by Crippen LogP contribution is 2.32. The van der Waals surface area contributed by atoms with Crippen molar-refractivity contribution in [1.82, 2.24) is 4.90 Å². The van der Waals surface area contributed by atoms with Crippen LogP contribution >= 0.6 is 0 Å². The number of sulfonamides is 1. The maximum absolute atomic E-state index is 12.5. The lowest BCUT2D eigenvalue weighted by Crippen LogP contribution is -2.28. The zero-order chi connectivity index (χ0) is 15.6. The van der Waals surface area contributed by atoms with E-state index in [9.17, 15) is 13.2 Å². The number of nitrogens with two attached hydrogens (primary N) is 1. The molecule has 0 saturated carbocycles. The smallest absolute Gasteiger partial charge is 0.257 e. The van der Waals surface area contributed by atoms with Crippen molar-refractivity contribution in [3.63, 3.8) is 0 Å². The van der Waals surface area contributed by atoms with Crippen LogP contribution in [0.2, 0.25) is 0 Å². The molecule has 1 fully saturated rings. The minimum Gasteiger partial charge on any atom is -0.496 e. The van der Waals surface area contributed by atoms with Crippen LogP contribution in [0.1, 0.15) is 23.2 Å². The van der Waals surface area contributed by atoms with Gasteiger partial charge >= 0.3 is 0 Å². The fourth-order valence-electron chi connectivity index (χ4n) is 2.35. The monoisotopic (exact) mass is 314 g/mol. The van der Waals surface area contributed by atoms with Crippen LogP contribution < -0.4 is 14.6 Å². The summed E-state index contributed by atoms with van der Waals surface area (Å²) in [5.41, 5.74) is 0.171. The predicted molar refractivity (Wildman–Crippen MR) is 76.1 cm³/mol. The van der Waals surface area contributed by atoms with Crippen LogP contribution in [0, 0.1) is 0 Å². The molecule has 0 aliphatic carbocycles. The number of amides is 1. The lowest BCUT2D eigenvalue weighted by atomic mass is 10.1. The zero-order valence-corrected chi connectivity index (χ0v) is 12.8. The van der Waals surface area contributed by atoms with Crippen molar-refractivity contribution in [3.8, 4) is 11.5 Å². The number of carbonyl (C=O) groups excluding carboxylic acids is 1. The molecule has 1 amide bonds. The fourth-order valence-corrected chi connectivity index (χ4v) is 3.05. The third kappa shape index (κ3) is 3.11. The number of ether oxygens (including phenoxy) is 2. The summed E-state index contributed by atoms with van der Waals surface area (Å²) in [7, 11) is -1.27. The van der Waals surface area contributed by atoms with Crippen molar-refractivity contribution < 1.29 is 22.7 Å². The lowest BCUT2D eigenvalue weighted by molar-refractivity contribution is 0.0789. The Hall–Kier alpha value is -1.80. The van der Waals surface area contributed by atoms with E-state index in [4.69, 9.17) is 14.6 Å². The minimum atomic E-state index is -4.00. The number of primary sulfonamides is 1. The highest BCUT2D eigenvalue weighted by Gasteiger charge is 2.26. The van der Waals surface area contributed by atoms with E-state index in [2.05, 4.69) is 0 Å². The lowest BCUT2D eigenvalue weighted by Gasteiger charge is -2.18. The number of methoxy groups -OCH3 is 2.